The highest BCUT2D eigenvalue weighted by atomic mass is 32.2. The van der Waals surface area contributed by atoms with E-state index in [-0.39, 0.29) is 5.56 Å². The number of aromatic nitrogens is 6. The average molecular weight is 385 g/mol. The lowest BCUT2D eigenvalue weighted by molar-refractivity contribution is 0.857. The average Bonchev–Trinajstić information content (AvgIpc) is 3.29. The van der Waals surface area contributed by atoms with Crippen LogP contribution in [0.25, 0.3) is 16.7 Å². The van der Waals surface area contributed by atoms with Crippen LogP contribution in [0.3, 0.4) is 0 Å². The molecule has 8 nitrogen and oxygen atoms in total. The van der Waals surface area contributed by atoms with Crippen LogP contribution in [0.15, 0.2) is 46.1 Å². The van der Waals surface area contributed by atoms with Gasteiger partial charge in [0.15, 0.2) is 4.34 Å². The molecule has 0 spiro atoms. The maximum Gasteiger partial charge on any atom is 0.262 e. The predicted octanol–water partition coefficient (Wildman–Crippen LogP) is 2.32. The molecule has 1 N–H and O–H groups in total. The number of rotatable bonds is 6. The first-order chi connectivity index (χ1) is 12.7. The van der Waals surface area contributed by atoms with Crippen molar-refractivity contribution in [3.05, 3.63) is 53.1 Å². The molecule has 0 saturated heterocycles. The van der Waals surface area contributed by atoms with Gasteiger partial charge in [-0.15, -0.1) is 27.0 Å². The van der Waals surface area contributed by atoms with Gasteiger partial charge in [0.05, 0.1) is 16.7 Å². The molecule has 0 amide bonds. The normalized spacial score (nSPS) is 11.3. The van der Waals surface area contributed by atoms with E-state index in [9.17, 15) is 4.79 Å². The Bertz CT molecular complexity index is 1160. The van der Waals surface area contributed by atoms with Crippen molar-refractivity contribution in [3.63, 3.8) is 0 Å². The summed E-state index contributed by atoms with van der Waals surface area (Å²) < 4.78 is 4.27. The third-order valence-electron chi connectivity index (χ3n) is 3.82. The number of hydrogen-bond acceptors (Lipinski definition) is 8. The van der Waals surface area contributed by atoms with Gasteiger partial charge in [-0.1, -0.05) is 41.3 Å². The van der Waals surface area contributed by atoms with Crippen molar-refractivity contribution in [1.82, 2.24) is 29.4 Å². The third kappa shape index (κ3) is 2.86. The lowest BCUT2D eigenvalue weighted by atomic mass is 10.2. The number of para-hydroxylation sites is 1. The van der Waals surface area contributed by atoms with E-state index in [1.807, 2.05) is 28.7 Å². The molecule has 0 aliphatic carbocycles. The fraction of sp³-hybridized carbons (Fsp3) is 0.188. The van der Waals surface area contributed by atoms with Crippen molar-refractivity contribution >= 4 is 44.9 Å². The fourth-order valence-corrected chi connectivity index (χ4v) is 4.28. The second kappa shape index (κ2) is 6.89. The molecule has 0 aliphatic heterocycles. The van der Waals surface area contributed by atoms with Crippen LogP contribution in [-0.4, -0.2) is 35.9 Å². The van der Waals surface area contributed by atoms with Crippen LogP contribution in [0, 0.1) is 0 Å². The highest BCUT2D eigenvalue weighted by molar-refractivity contribution is 8.00. The van der Waals surface area contributed by atoms with Gasteiger partial charge in [0, 0.05) is 13.6 Å². The van der Waals surface area contributed by atoms with Crippen molar-refractivity contribution in [2.45, 2.75) is 10.1 Å². The van der Waals surface area contributed by atoms with Crippen LogP contribution in [0.5, 0.6) is 0 Å². The SMILES string of the molecule is C=CCNc1nnc(SCc2nnc3n(C)c(=O)c4ccccc4n23)s1. The van der Waals surface area contributed by atoms with Crippen molar-refractivity contribution < 1.29 is 0 Å². The first kappa shape index (κ1) is 16.7. The minimum Gasteiger partial charge on any atom is -0.357 e. The van der Waals surface area contributed by atoms with E-state index in [4.69, 9.17) is 0 Å². The number of anilines is 1. The van der Waals surface area contributed by atoms with Gasteiger partial charge < -0.3 is 5.32 Å². The van der Waals surface area contributed by atoms with E-state index >= 15 is 0 Å². The largest absolute Gasteiger partial charge is 0.357 e. The van der Waals surface area contributed by atoms with Gasteiger partial charge in [-0.25, -0.2) is 0 Å². The summed E-state index contributed by atoms with van der Waals surface area (Å²) in [6.45, 7) is 4.31. The van der Waals surface area contributed by atoms with Crippen molar-refractivity contribution in [2.75, 3.05) is 11.9 Å². The number of nitrogens with zero attached hydrogens (tertiary/aromatic N) is 6. The molecular weight excluding hydrogens is 370 g/mol. The number of benzene rings is 1. The van der Waals surface area contributed by atoms with Crippen molar-refractivity contribution in [2.24, 2.45) is 7.05 Å². The highest BCUT2D eigenvalue weighted by Crippen LogP contribution is 2.28. The van der Waals surface area contributed by atoms with Crippen LogP contribution in [0.4, 0.5) is 5.13 Å². The summed E-state index contributed by atoms with van der Waals surface area (Å²) in [6, 6.07) is 7.48. The summed E-state index contributed by atoms with van der Waals surface area (Å²) in [4.78, 5) is 12.5. The minimum absolute atomic E-state index is 0.0817. The van der Waals surface area contributed by atoms with Crippen molar-refractivity contribution in [1.29, 1.82) is 0 Å². The van der Waals surface area contributed by atoms with E-state index in [2.05, 4.69) is 32.3 Å². The van der Waals surface area contributed by atoms with Crippen LogP contribution >= 0.6 is 23.1 Å². The summed E-state index contributed by atoms with van der Waals surface area (Å²) in [7, 11) is 1.71. The first-order valence-electron chi connectivity index (χ1n) is 7.82. The van der Waals surface area contributed by atoms with Gasteiger partial charge in [-0.3, -0.25) is 13.8 Å². The van der Waals surface area contributed by atoms with Gasteiger partial charge in [-0.05, 0) is 12.1 Å². The van der Waals surface area contributed by atoms with Gasteiger partial charge in [0.25, 0.3) is 5.56 Å². The Morgan fingerprint density at radius 1 is 1.27 bits per heavy atom. The summed E-state index contributed by atoms with van der Waals surface area (Å²) in [5.41, 5.74) is 0.721. The molecule has 26 heavy (non-hydrogen) atoms. The lowest BCUT2D eigenvalue weighted by Crippen LogP contribution is -2.20. The van der Waals surface area contributed by atoms with E-state index in [1.54, 1.807) is 13.1 Å². The zero-order chi connectivity index (χ0) is 18.1. The molecule has 0 radical (unpaired) electrons. The standard InChI is InChI=1S/C16H15N7OS2/c1-3-8-17-14-19-21-16(26-14)25-9-12-18-20-15-22(2)13(24)10-6-4-5-7-11(10)23(12)15/h3-7H,1,8-9H2,2H3,(H,17,19). The molecule has 10 heteroatoms. The maximum absolute atomic E-state index is 12.5. The fourth-order valence-electron chi connectivity index (χ4n) is 2.61. The van der Waals surface area contributed by atoms with Crippen LogP contribution in [0.2, 0.25) is 0 Å². The Balaban J connectivity index is 1.68. The molecule has 0 bridgehead atoms. The molecule has 0 saturated carbocycles. The van der Waals surface area contributed by atoms with E-state index in [0.29, 0.717) is 23.5 Å². The third-order valence-corrected chi connectivity index (χ3v) is 5.83. The summed E-state index contributed by atoms with van der Waals surface area (Å²) in [5.74, 6) is 1.85. The van der Waals surface area contributed by atoms with Crippen LogP contribution in [-0.2, 0) is 12.8 Å². The molecule has 3 heterocycles. The Hall–Kier alpha value is -2.72. The topological polar surface area (TPSA) is 90.0 Å². The van der Waals surface area contributed by atoms with Crippen LogP contribution < -0.4 is 10.9 Å². The van der Waals surface area contributed by atoms with Gasteiger partial charge in [0.1, 0.15) is 5.82 Å². The summed E-state index contributed by atoms with van der Waals surface area (Å²) in [5, 5.41) is 21.2. The number of aryl methyl sites for hydroxylation is 1. The Kier molecular flexibility index (Phi) is 4.43. The Labute approximate surface area is 156 Å². The monoisotopic (exact) mass is 385 g/mol. The summed E-state index contributed by atoms with van der Waals surface area (Å²) >= 11 is 3.01. The number of nitrogens with one attached hydrogen (secondary N) is 1. The highest BCUT2D eigenvalue weighted by Gasteiger charge is 2.15. The molecule has 0 fully saturated rings. The van der Waals surface area contributed by atoms with E-state index in [1.165, 1.54) is 27.7 Å². The zero-order valence-corrected chi connectivity index (χ0v) is 15.5. The molecule has 4 rings (SSSR count). The predicted molar refractivity (Wildman–Crippen MR) is 104 cm³/mol. The van der Waals surface area contributed by atoms with Gasteiger partial charge >= 0.3 is 0 Å². The molecule has 3 aromatic heterocycles. The molecule has 0 aliphatic rings. The minimum atomic E-state index is -0.0817. The summed E-state index contributed by atoms with van der Waals surface area (Å²) in [6.07, 6.45) is 1.77. The van der Waals surface area contributed by atoms with Gasteiger partial charge in [-0.2, -0.15) is 0 Å². The molecule has 1 aromatic carbocycles. The lowest BCUT2D eigenvalue weighted by Gasteiger charge is -2.07. The maximum atomic E-state index is 12.5. The molecular formula is C16H15N7OS2. The molecule has 132 valence electrons. The van der Waals surface area contributed by atoms with E-state index < -0.39 is 0 Å². The second-order valence-electron chi connectivity index (χ2n) is 5.46. The quantitative estimate of drug-likeness (QED) is 0.402. The molecule has 0 unspecified atom stereocenters. The van der Waals surface area contributed by atoms with E-state index in [0.717, 1.165) is 20.8 Å². The molecule has 0 atom stereocenters. The van der Waals surface area contributed by atoms with Gasteiger partial charge in [0.2, 0.25) is 10.9 Å². The van der Waals surface area contributed by atoms with Crippen LogP contribution in [0.1, 0.15) is 5.82 Å². The Morgan fingerprint density at radius 2 is 2.12 bits per heavy atom. The second-order valence-corrected chi connectivity index (χ2v) is 7.66. The number of thioether (sulfide) groups is 1. The molecule has 4 aromatic rings. The number of hydrogen-bond donors (Lipinski definition) is 1. The number of fused-ring (bicyclic) bond motifs is 3. The first-order valence-corrected chi connectivity index (χ1v) is 9.62. The Morgan fingerprint density at radius 3 is 2.96 bits per heavy atom. The van der Waals surface area contributed by atoms with Crippen molar-refractivity contribution in [3.8, 4) is 0 Å². The zero-order valence-electron chi connectivity index (χ0n) is 13.9. The smallest absolute Gasteiger partial charge is 0.262 e.